The van der Waals surface area contributed by atoms with Gasteiger partial charge in [0.1, 0.15) is 17.1 Å². The third-order valence-electron chi connectivity index (χ3n) is 6.83. The van der Waals surface area contributed by atoms with E-state index in [4.69, 9.17) is 9.47 Å². The highest BCUT2D eigenvalue weighted by atomic mass is 16.5. The highest BCUT2D eigenvalue weighted by Gasteiger charge is 2.43. The van der Waals surface area contributed by atoms with E-state index in [0.717, 1.165) is 48.6 Å². The first-order valence-corrected chi connectivity index (χ1v) is 11.2. The summed E-state index contributed by atoms with van der Waals surface area (Å²) >= 11 is 0. The lowest BCUT2D eigenvalue weighted by molar-refractivity contribution is -0.0588. The van der Waals surface area contributed by atoms with E-state index in [2.05, 4.69) is 37.8 Å². The lowest BCUT2D eigenvalue weighted by Gasteiger charge is -2.46. The Kier molecular flexibility index (Phi) is 6.03. The number of hydrogen-bond acceptors (Lipinski definition) is 5. The number of aliphatic hydroxyl groups is 2. The fourth-order valence-corrected chi connectivity index (χ4v) is 4.75. The Hall–Kier alpha value is -2.08. The fraction of sp³-hybridized carbons (Fsp3) is 0.538. The van der Waals surface area contributed by atoms with Gasteiger partial charge in [0.15, 0.2) is 0 Å². The highest BCUT2D eigenvalue weighted by molar-refractivity contribution is 5.44. The van der Waals surface area contributed by atoms with E-state index < -0.39 is 12.2 Å². The maximum Gasteiger partial charge on any atom is 0.129 e. The van der Waals surface area contributed by atoms with Gasteiger partial charge in [0.25, 0.3) is 0 Å². The number of aliphatic hydroxyl groups excluding tert-OH is 2. The molecule has 0 radical (unpaired) electrons. The second kappa shape index (κ2) is 8.45. The summed E-state index contributed by atoms with van der Waals surface area (Å²) in [7, 11) is 1.64. The smallest absolute Gasteiger partial charge is 0.129 e. The Labute approximate surface area is 185 Å². The van der Waals surface area contributed by atoms with Crippen molar-refractivity contribution in [1.82, 2.24) is 4.90 Å². The van der Waals surface area contributed by atoms with E-state index >= 15 is 0 Å². The summed E-state index contributed by atoms with van der Waals surface area (Å²) in [6, 6.07) is 13.9. The molecule has 5 nitrogen and oxygen atoms in total. The molecular weight excluding hydrogens is 390 g/mol. The van der Waals surface area contributed by atoms with Crippen LogP contribution in [0.1, 0.15) is 68.9 Å². The van der Waals surface area contributed by atoms with Crippen molar-refractivity contribution in [3.8, 4) is 11.5 Å². The van der Waals surface area contributed by atoms with Crippen LogP contribution in [0.2, 0.25) is 0 Å². The van der Waals surface area contributed by atoms with Crippen molar-refractivity contribution in [2.24, 2.45) is 0 Å². The topological polar surface area (TPSA) is 62.2 Å². The van der Waals surface area contributed by atoms with E-state index in [1.807, 2.05) is 30.3 Å². The largest absolute Gasteiger partial charge is 0.497 e. The molecular formula is C26H35NO4. The van der Waals surface area contributed by atoms with Gasteiger partial charge in [0, 0.05) is 37.7 Å². The van der Waals surface area contributed by atoms with Crippen LogP contribution in [0.25, 0.3) is 0 Å². The Morgan fingerprint density at radius 3 is 2.42 bits per heavy atom. The van der Waals surface area contributed by atoms with Crippen molar-refractivity contribution in [3.63, 3.8) is 0 Å². The van der Waals surface area contributed by atoms with Gasteiger partial charge in [-0.25, -0.2) is 0 Å². The first-order chi connectivity index (χ1) is 14.7. The molecule has 31 heavy (non-hydrogen) atoms. The molecule has 1 saturated heterocycles. The van der Waals surface area contributed by atoms with Gasteiger partial charge in [-0.2, -0.15) is 0 Å². The van der Waals surface area contributed by atoms with E-state index in [9.17, 15) is 10.2 Å². The number of ether oxygens (including phenoxy) is 2. The minimum atomic E-state index is -0.520. The quantitative estimate of drug-likeness (QED) is 0.761. The number of fused-ring (bicyclic) bond motifs is 1. The fourth-order valence-electron chi connectivity index (χ4n) is 4.75. The van der Waals surface area contributed by atoms with Gasteiger partial charge >= 0.3 is 0 Å². The summed E-state index contributed by atoms with van der Waals surface area (Å²) < 4.78 is 11.7. The minimum absolute atomic E-state index is 0.109. The summed E-state index contributed by atoms with van der Waals surface area (Å²) in [5.41, 5.74) is 2.82. The second-order valence-electron chi connectivity index (χ2n) is 10.1. The maximum atomic E-state index is 10.8. The summed E-state index contributed by atoms with van der Waals surface area (Å²) in [6.07, 6.45) is 1.24. The molecule has 0 aliphatic carbocycles. The monoisotopic (exact) mass is 425 g/mol. The molecule has 4 rings (SSSR count). The number of piperidine rings is 1. The average molecular weight is 426 g/mol. The van der Waals surface area contributed by atoms with Crippen LogP contribution >= 0.6 is 0 Å². The average Bonchev–Trinajstić information content (AvgIpc) is 2.74. The van der Waals surface area contributed by atoms with E-state index in [-0.39, 0.29) is 11.0 Å². The number of benzene rings is 2. The van der Waals surface area contributed by atoms with Crippen LogP contribution in [0.4, 0.5) is 0 Å². The van der Waals surface area contributed by atoms with E-state index in [0.29, 0.717) is 13.0 Å². The number of rotatable bonds is 4. The molecule has 0 unspecified atom stereocenters. The molecule has 168 valence electrons. The molecule has 0 saturated carbocycles. The molecule has 0 amide bonds. The Bertz CT molecular complexity index is 895. The number of β-amino-alcohol motifs (C(OH)–C–C–N with tert-alkyl or cyclic N) is 1. The molecule has 2 aliphatic heterocycles. The molecule has 1 spiro atoms. The molecule has 5 heteroatoms. The lowest BCUT2D eigenvalue weighted by atomic mass is 9.81. The maximum absolute atomic E-state index is 10.8. The first-order valence-electron chi connectivity index (χ1n) is 11.2. The summed E-state index contributed by atoms with van der Waals surface area (Å²) in [5, 5.41) is 21.5. The van der Waals surface area contributed by atoms with Gasteiger partial charge in [-0.05, 0) is 41.5 Å². The van der Waals surface area contributed by atoms with Gasteiger partial charge < -0.3 is 24.6 Å². The lowest BCUT2D eigenvalue weighted by Crippen LogP contribution is -2.51. The molecule has 1 fully saturated rings. The molecule has 0 aromatic heterocycles. The molecule has 2 aromatic carbocycles. The summed E-state index contributed by atoms with van der Waals surface area (Å²) in [6.45, 7) is 8.87. The minimum Gasteiger partial charge on any atom is -0.497 e. The van der Waals surface area contributed by atoms with Crippen molar-refractivity contribution in [1.29, 1.82) is 0 Å². The van der Waals surface area contributed by atoms with Crippen molar-refractivity contribution >= 4 is 0 Å². The normalized spacial score (nSPS) is 21.9. The number of hydrogen-bond donors (Lipinski definition) is 2. The summed E-state index contributed by atoms with van der Waals surface area (Å²) in [5.74, 6) is 1.46. The van der Waals surface area contributed by atoms with Crippen LogP contribution in [-0.2, 0) is 5.41 Å². The first kappa shape index (κ1) is 22.1. The van der Waals surface area contributed by atoms with Crippen LogP contribution in [-0.4, -0.2) is 47.5 Å². The van der Waals surface area contributed by atoms with Gasteiger partial charge in [-0.15, -0.1) is 0 Å². The van der Waals surface area contributed by atoms with Crippen LogP contribution in [0.3, 0.4) is 0 Å². The van der Waals surface area contributed by atoms with Crippen molar-refractivity contribution in [2.45, 2.75) is 63.3 Å². The molecule has 2 atom stereocenters. The molecule has 2 aliphatic rings. The van der Waals surface area contributed by atoms with Crippen molar-refractivity contribution < 1.29 is 19.7 Å². The standard InChI is InChI=1S/C26H35NO4/c1-25(2,3)19-7-5-18(6-8-19)23(29)17-27-13-11-26(12-14-27)16-22(28)21-10-9-20(30-4)15-24(21)31-26/h5-10,15,22-23,28-29H,11-14,16-17H2,1-4H3/t22-,23+/m1/s1. The van der Waals surface area contributed by atoms with Gasteiger partial charge in [0.2, 0.25) is 0 Å². The molecule has 2 heterocycles. The van der Waals surface area contributed by atoms with Gasteiger partial charge in [0.05, 0.1) is 19.3 Å². The van der Waals surface area contributed by atoms with Gasteiger partial charge in [-0.3, -0.25) is 0 Å². The third-order valence-corrected chi connectivity index (χ3v) is 6.83. The summed E-state index contributed by atoms with van der Waals surface area (Å²) in [4.78, 5) is 2.30. The predicted octanol–water partition coefficient (Wildman–Crippen LogP) is 4.38. The second-order valence-corrected chi connectivity index (χ2v) is 10.1. The third kappa shape index (κ3) is 4.74. The Balaban J connectivity index is 1.37. The van der Waals surface area contributed by atoms with Crippen LogP contribution in [0.15, 0.2) is 42.5 Å². The predicted molar refractivity (Wildman–Crippen MR) is 122 cm³/mol. The van der Waals surface area contributed by atoms with E-state index in [1.165, 1.54) is 5.56 Å². The molecule has 2 N–H and O–H groups in total. The highest BCUT2D eigenvalue weighted by Crippen LogP contribution is 2.45. The van der Waals surface area contributed by atoms with Crippen molar-refractivity contribution in [2.75, 3.05) is 26.7 Å². The number of likely N-dealkylation sites (tertiary alicyclic amines) is 1. The number of methoxy groups -OCH3 is 1. The Morgan fingerprint density at radius 2 is 1.81 bits per heavy atom. The van der Waals surface area contributed by atoms with Crippen LogP contribution in [0, 0.1) is 0 Å². The van der Waals surface area contributed by atoms with Gasteiger partial charge in [-0.1, -0.05) is 45.0 Å². The molecule has 0 bridgehead atoms. The zero-order chi connectivity index (χ0) is 22.2. The van der Waals surface area contributed by atoms with Crippen LogP contribution < -0.4 is 9.47 Å². The van der Waals surface area contributed by atoms with E-state index in [1.54, 1.807) is 7.11 Å². The van der Waals surface area contributed by atoms with Crippen molar-refractivity contribution in [3.05, 3.63) is 59.2 Å². The zero-order valence-corrected chi connectivity index (χ0v) is 19.1. The van der Waals surface area contributed by atoms with Crippen LogP contribution in [0.5, 0.6) is 11.5 Å². The SMILES string of the molecule is COc1ccc2c(c1)OC1(CCN(C[C@H](O)c3ccc(C(C)(C)C)cc3)CC1)C[C@H]2O. The zero-order valence-electron chi connectivity index (χ0n) is 19.1. The number of nitrogens with zero attached hydrogens (tertiary/aromatic N) is 1. The Morgan fingerprint density at radius 1 is 1.13 bits per heavy atom. The molecule has 2 aromatic rings.